The summed E-state index contributed by atoms with van der Waals surface area (Å²) >= 11 is 0. The van der Waals surface area contributed by atoms with E-state index in [1.807, 2.05) is 18.3 Å². The van der Waals surface area contributed by atoms with Crippen molar-refractivity contribution < 1.29 is 14.6 Å². The van der Waals surface area contributed by atoms with Crippen molar-refractivity contribution in [3.05, 3.63) is 64.8 Å². The predicted molar refractivity (Wildman–Crippen MR) is 118 cm³/mol. The van der Waals surface area contributed by atoms with E-state index in [-0.39, 0.29) is 6.04 Å². The van der Waals surface area contributed by atoms with Gasteiger partial charge in [0, 0.05) is 54.4 Å². The minimum absolute atomic E-state index is 0.175. The van der Waals surface area contributed by atoms with Gasteiger partial charge in [0.05, 0.1) is 12.7 Å². The van der Waals surface area contributed by atoms with E-state index in [2.05, 4.69) is 47.8 Å². The van der Waals surface area contributed by atoms with Crippen molar-refractivity contribution in [1.82, 2.24) is 14.8 Å². The highest BCUT2D eigenvalue weighted by atomic mass is 16.5. The average Bonchev–Trinajstić information content (AvgIpc) is 3.23. The summed E-state index contributed by atoms with van der Waals surface area (Å²) in [5, 5.41) is 10.4. The van der Waals surface area contributed by atoms with E-state index in [0.29, 0.717) is 11.6 Å². The molecule has 4 rings (SSSR count). The van der Waals surface area contributed by atoms with Crippen LogP contribution < -0.4 is 4.74 Å². The number of aromatic amines is 1. The van der Waals surface area contributed by atoms with Gasteiger partial charge < -0.3 is 19.7 Å². The highest BCUT2D eigenvalue weighted by Gasteiger charge is 2.32. The average molecular weight is 408 g/mol. The zero-order valence-electron chi connectivity index (χ0n) is 18.0. The molecule has 2 N–H and O–H groups in total. The van der Waals surface area contributed by atoms with Crippen LogP contribution in [0.3, 0.4) is 0 Å². The minimum Gasteiger partial charge on any atom is -0.496 e. The topological polar surface area (TPSA) is 68.8 Å². The van der Waals surface area contributed by atoms with Crippen LogP contribution in [0.4, 0.5) is 0 Å². The summed E-state index contributed by atoms with van der Waals surface area (Å²) < 4.78 is 5.76. The summed E-state index contributed by atoms with van der Waals surface area (Å²) in [4.78, 5) is 19.5. The first-order valence-corrected chi connectivity index (χ1v) is 10.3. The molecule has 30 heavy (non-hydrogen) atoms. The lowest BCUT2D eigenvalue weighted by atomic mass is 9.97. The Morgan fingerprint density at radius 2 is 1.97 bits per heavy atom. The van der Waals surface area contributed by atoms with Gasteiger partial charge in [-0.15, -0.1) is 0 Å². The molecule has 2 aromatic carbocycles. The molecular formula is C24H29N3O3. The largest absolute Gasteiger partial charge is 0.496 e. The van der Waals surface area contributed by atoms with Gasteiger partial charge in [-0.05, 0) is 56.3 Å². The third kappa shape index (κ3) is 3.68. The number of aromatic carboxylic acids is 1. The molecule has 6 heteroatoms. The Labute approximate surface area is 177 Å². The van der Waals surface area contributed by atoms with Gasteiger partial charge in [0.1, 0.15) is 5.75 Å². The fourth-order valence-electron chi connectivity index (χ4n) is 4.50. The summed E-state index contributed by atoms with van der Waals surface area (Å²) in [6.45, 7) is 6.91. The Bertz CT molecular complexity index is 1060. The molecule has 1 aromatic heterocycles. The van der Waals surface area contributed by atoms with Crippen molar-refractivity contribution in [1.29, 1.82) is 0 Å². The molecule has 0 bridgehead atoms. The number of H-pyrrole nitrogens is 1. The second kappa shape index (κ2) is 8.13. The van der Waals surface area contributed by atoms with Gasteiger partial charge in [-0.3, -0.25) is 4.90 Å². The molecule has 2 atom stereocenters. The Balaban J connectivity index is 1.72. The van der Waals surface area contributed by atoms with Gasteiger partial charge in [0.25, 0.3) is 0 Å². The van der Waals surface area contributed by atoms with Crippen LogP contribution in [0.1, 0.15) is 40.0 Å². The normalized spacial score (nSPS) is 20.5. The van der Waals surface area contributed by atoms with Crippen LogP contribution >= 0.6 is 0 Å². The minimum atomic E-state index is -0.896. The van der Waals surface area contributed by atoms with E-state index in [4.69, 9.17) is 4.74 Å². The number of rotatable bonds is 5. The number of hydrogen-bond donors (Lipinski definition) is 2. The number of hydrogen-bond acceptors (Lipinski definition) is 4. The number of carboxylic acid groups (broad SMARTS) is 1. The number of carboxylic acids is 1. The molecule has 2 heterocycles. The molecule has 1 aliphatic heterocycles. The standard InChI is InChI=1S/C24H29N3O3/c1-15-11-22(30-4)20(19-9-10-25-23(15)19)13-27-12-16(2)26(3)14-21(27)17-5-7-18(8-6-17)24(28)29/h5-11,16,21,25H,12-14H2,1-4H3,(H,28,29). The molecule has 0 amide bonds. The van der Waals surface area contributed by atoms with Crippen molar-refractivity contribution in [2.24, 2.45) is 0 Å². The number of carbonyl (C=O) groups is 1. The lowest BCUT2D eigenvalue weighted by Gasteiger charge is -2.44. The molecule has 0 aliphatic carbocycles. The van der Waals surface area contributed by atoms with E-state index < -0.39 is 5.97 Å². The molecule has 0 saturated carbocycles. The van der Waals surface area contributed by atoms with E-state index in [0.717, 1.165) is 36.5 Å². The molecule has 1 saturated heterocycles. The lowest BCUT2D eigenvalue weighted by Crippen LogP contribution is -2.51. The number of piperazine rings is 1. The molecule has 0 radical (unpaired) electrons. The monoisotopic (exact) mass is 407 g/mol. The summed E-state index contributed by atoms with van der Waals surface area (Å²) in [5.41, 5.74) is 4.95. The SMILES string of the molecule is COc1cc(C)c2[nH]ccc2c1CN1CC(C)N(C)CC1c1ccc(C(=O)O)cc1. The number of likely N-dealkylation sites (N-methyl/N-ethyl adjacent to an activating group) is 1. The Hall–Kier alpha value is -2.83. The van der Waals surface area contributed by atoms with Gasteiger partial charge in [-0.1, -0.05) is 12.1 Å². The third-order valence-electron chi connectivity index (χ3n) is 6.39. The van der Waals surface area contributed by atoms with Gasteiger partial charge in [-0.2, -0.15) is 0 Å². The van der Waals surface area contributed by atoms with Crippen molar-refractivity contribution in [2.75, 3.05) is 27.2 Å². The van der Waals surface area contributed by atoms with Crippen LogP contribution in [0, 0.1) is 6.92 Å². The Kier molecular flexibility index (Phi) is 5.54. The Morgan fingerprint density at radius 1 is 1.23 bits per heavy atom. The van der Waals surface area contributed by atoms with Gasteiger partial charge >= 0.3 is 5.97 Å². The summed E-state index contributed by atoms with van der Waals surface area (Å²) in [7, 11) is 3.88. The van der Waals surface area contributed by atoms with Crippen LogP contribution in [0.2, 0.25) is 0 Å². The molecule has 1 aliphatic rings. The highest BCUT2D eigenvalue weighted by Crippen LogP contribution is 2.35. The smallest absolute Gasteiger partial charge is 0.335 e. The maximum absolute atomic E-state index is 11.3. The van der Waals surface area contributed by atoms with Crippen LogP contribution in [0.5, 0.6) is 5.75 Å². The highest BCUT2D eigenvalue weighted by molar-refractivity contribution is 5.88. The van der Waals surface area contributed by atoms with E-state index in [1.165, 1.54) is 16.5 Å². The van der Waals surface area contributed by atoms with Gasteiger partial charge in [-0.25, -0.2) is 4.79 Å². The van der Waals surface area contributed by atoms with Crippen LogP contribution in [-0.4, -0.2) is 59.1 Å². The number of methoxy groups -OCH3 is 1. The number of aryl methyl sites for hydroxylation is 1. The quantitative estimate of drug-likeness (QED) is 0.668. The maximum Gasteiger partial charge on any atom is 0.335 e. The number of benzene rings is 2. The summed E-state index contributed by atoms with van der Waals surface area (Å²) in [5.74, 6) is 0.0122. The summed E-state index contributed by atoms with van der Waals surface area (Å²) in [6.07, 6.45) is 1.98. The summed E-state index contributed by atoms with van der Waals surface area (Å²) in [6, 6.07) is 12.1. The lowest BCUT2D eigenvalue weighted by molar-refractivity contribution is 0.0451. The first-order valence-electron chi connectivity index (χ1n) is 10.3. The number of nitrogens with zero attached hydrogens (tertiary/aromatic N) is 2. The molecule has 158 valence electrons. The van der Waals surface area contributed by atoms with Gasteiger partial charge in [0.15, 0.2) is 0 Å². The maximum atomic E-state index is 11.3. The fourth-order valence-corrected chi connectivity index (χ4v) is 4.50. The second-order valence-corrected chi connectivity index (χ2v) is 8.30. The van der Waals surface area contributed by atoms with E-state index in [1.54, 1.807) is 19.2 Å². The van der Waals surface area contributed by atoms with Crippen molar-refractivity contribution in [3.63, 3.8) is 0 Å². The molecule has 6 nitrogen and oxygen atoms in total. The van der Waals surface area contributed by atoms with E-state index in [9.17, 15) is 9.90 Å². The molecule has 2 unspecified atom stereocenters. The second-order valence-electron chi connectivity index (χ2n) is 8.30. The number of fused-ring (bicyclic) bond motifs is 1. The molecular weight excluding hydrogens is 378 g/mol. The first kappa shape index (κ1) is 20.4. The number of ether oxygens (including phenoxy) is 1. The van der Waals surface area contributed by atoms with E-state index >= 15 is 0 Å². The first-order chi connectivity index (χ1) is 14.4. The van der Waals surface area contributed by atoms with Crippen LogP contribution in [0.25, 0.3) is 10.9 Å². The van der Waals surface area contributed by atoms with Crippen molar-refractivity contribution >= 4 is 16.9 Å². The molecule has 3 aromatic rings. The third-order valence-corrected chi connectivity index (χ3v) is 6.39. The van der Waals surface area contributed by atoms with Crippen LogP contribution in [-0.2, 0) is 6.54 Å². The fraction of sp³-hybridized carbons (Fsp3) is 0.375. The number of aromatic nitrogens is 1. The van der Waals surface area contributed by atoms with Gasteiger partial charge in [0.2, 0.25) is 0 Å². The zero-order chi connectivity index (χ0) is 21.4. The Morgan fingerprint density at radius 3 is 2.63 bits per heavy atom. The zero-order valence-corrected chi connectivity index (χ0v) is 18.0. The van der Waals surface area contributed by atoms with Crippen LogP contribution in [0.15, 0.2) is 42.6 Å². The molecule has 1 fully saturated rings. The number of nitrogens with one attached hydrogen (secondary N) is 1. The molecule has 0 spiro atoms. The predicted octanol–water partition coefficient (Wildman–Crippen LogP) is 4.06. The van der Waals surface area contributed by atoms with Crippen molar-refractivity contribution in [3.8, 4) is 5.75 Å². The van der Waals surface area contributed by atoms with Crippen molar-refractivity contribution in [2.45, 2.75) is 32.5 Å².